The van der Waals surface area contributed by atoms with Crippen LogP contribution in [0.25, 0.3) is 0 Å². The van der Waals surface area contributed by atoms with Crippen LogP contribution in [0.15, 0.2) is 0 Å². The summed E-state index contributed by atoms with van der Waals surface area (Å²) in [4.78, 5) is 21.9. The van der Waals surface area contributed by atoms with E-state index in [0.29, 0.717) is 12.8 Å². The first-order chi connectivity index (χ1) is 8.56. The summed E-state index contributed by atoms with van der Waals surface area (Å²) < 4.78 is 0. The lowest BCUT2D eigenvalue weighted by Crippen LogP contribution is -2.32. The van der Waals surface area contributed by atoms with Crippen molar-refractivity contribution in [3.63, 3.8) is 0 Å². The van der Waals surface area contributed by atoms with E-state index in [1.807, 2.05) is 6.92 Å². The van der Waals surface area contributed by atoms with E-state index < -0.39 is 5.97 Å². The fourth-order valence-corrected chi connectivity index (χ4v) is 1.87. The second kappa shape index (κ2) is 11.1. The van der Waals surface area contributed by atoms with E-state index in [9.17, 15) is 9.59 Å². The van der Waals surface area contributed by atoms with Gasteiger partial charge in [-0.15, -0.1) is 0 Å². The van der Waals surface area contributed by atoms with E-state index in [1.165, 1.54) is 19.3 Å². The van der Waals surface area contributed by atoms with Gasteiger partial charge in [0.15, 0.2) is 0 Å². The highest BCUT2D eigenvalue weighted by Gasteiger charge is 2.07. The van der Waals surface area contributed by atoms with Crippen LogP contribution in [0.5, 0.6) is 0 Å². The van der Waals surface area contributed by atoms with Crippen LogP contribution >= 0.6 is 0 Å². The summed E-state index contributed by atoms with van der Waals surface area (Å²) in [5.41, 5.74) is 0. The Balaban J connectivity index is 3.46. The van der Waals surface area contributed by atoms with E-state index in [1.54, 1.807) is 0 Å². The number of carbonyl (C=O) groups excluding carboxylic acids is 1. The second-order valence-corrected chi connectivity index (χ2v) is 4.92. The number of amides is 1. The molecule has 0 bridgehead atoms. The molecule has 0 heterocycles. The summed E-state index contributed by atoms with van der Waals surface area (Å²) in [5.74, 6) is -0.682. The molecule has 0 radical (unpaired) electrons. The lowest BCUT2D eigenvalue weighted by atomic mass is 10.1. The second-order valence-electron chi connectivity index (χ2n) is 4.92. The molecule has 0 aromatic rings. The minimum absolute atomic E-state index is 0.0764. The van der Waals surface area contributed by atoms with Crippen molar-refractivity contribution >= 4 is 11.9 Å². The zero-order valence-electron chi connectivity index (χ0n) is 11.7. The number of unbranched alkanes of at least 4 members (excludes halogenated alkanes) is 4. The van der Waals surface area contributed by atoms with Gasteiger partial charge in [0.05, 0.1) is 0 Å². The Kier molecular flexibility index (Phi) is 10.4. The van der Waals surface area contributed by atoms with Crippen molar-refractivity contribution in [2.45, 2.75) is 77.7 Å². The van der Waals surface area contributed by atoms with Crippen molar-refractivity contribution < 1.29 is 14.7 Å². The number of rotatable bonds is 11. The Labute approximate surface area is 110 Å². The summed E-state index contributed by atoms with van der Waals surface area (Å²) >= 11 is 0. The fraction of sp³-hybridized carbons (Fsp3) is 0.857. The standard InChI is InChI=1S/C14H27NO3/c1-3-4-5-6-7-10-13(16)15-12(2)9-8-11-14(17)18/h12H,3-11H2,1-2H3,(H,15,16)(H,17,18). The maximum absolute atomic E-state index is 11.6. The van der Waals surface area contributed by atoms with Crippen LogP contribution in [0.1, 0.15) is 71.6 Å². The summed E-state index contributed by atoms with van der Waals surface area (Å²) in [6.45, 7) is 4.10. The normalized spacial score (nSPS) is 12.1. The van der Waals surface area contributed by atoms with Gasteiger partial charge in [0, 0.05) is 18.9 Å². The first kappa shape index (κ1) is 16.9. The SMILES string of the molecule is CCCCCCCC(=O)NC(C)CCCC(=O)O. The molecule has 0 fully saturated rings. The van der Waals surface area contributed by atoms with E-state index >= 15 is 0 Å². The Hall–Kier alpha value is -1.06. The monoisotopic (exact) mass is 257 g/mol. The van der Waals surface area contributed by atoms with Crippen LogP contribution in [0.4, 0.5) is 0 Å². The smallest absolute Gasteiger partial charge is 0.303 e. The molecule has 2 N–H and O–H groups in total. The molecular formula is C14H27NO3. The molecule has 0 aromatic heterocycles. The summed E-state index contributed by atoms with van der Waals surface area (Å²) in [6.07, 6.45) is 7.85. The predicted octanol–water partition coefficient (Wildman–Crippen LogP) is 3.11. The van der Waals surface area contributed by atoms with Crippen molar-refractivity contribution in [3.05, 3.63) is 0 Å². The summed E-state index contributed by atoms with van der Waals surface area (Å²) in [6, 6.07) is 0.0764. The number of carboxylic acid groups (broad SMARTS) is 1. The van der Waals surface area contributed by atoms with E-state index in [4.69, 9.17) is 5.11 Å². The third kappa shape index (κ3) is 11.4. The van der Waals surface area contributed by atoms with Crippen molar-refractivity contribution in [3.8, 4) is 0 Å². The lowest BCUT2D eigenvalue weighted by molar-refractivity contribution is -0.137. The third-order valence-corrected chi connectivity index (χ3v) is 2.94. The number of hydrogen-bond donors (Lipinski definition) is 2. The van der Waals surface area contributed by atoms with Crippen LogP contribution in [-0.4, -0.2) is 23.0 Å². The average Bonchev–Trinajstić information content (AvgIpc) is 2.28. The van der Waals surface area contributed by atoms with E-state index in [2.05, 4.69) is 12.2 Å². The highest BCUT2D eigenvalue weighted by atomic mass is 16.4. The van der Waals surface area contributed by atoms with Crippen LogP contribution in [0.2, 0.25) is 0 Å². The molecule has 0 aromatic carbocycles. The van der Waals surface area contributed by atoms with Crippen LogP contribution in [0.3, 0.4) is 0 Å². The maximum Gasteiger partial charge on any atom is 0.303 e. The first-order valence-electron chi connectivity index (χ1n) is 7.07. The van der Waals surface area contributed by atoms with Crippen molar-refractivity contribution in [2.75, 3.05) is 0 Å². The van der Waals surface area contributed by atoms with Crippen molar-refractivity contribution in [1.82, 2.24) is 5.32 Å². The largest absolute Gasteiger partial charge is 0.481 e. The number of hydrogen-bond acceptors (Lipinski definition) is 2. The number of nitrogens with one attached hydrogen (secondary N) is 1. The molecule has 1 unspecified atom stereocenters. The van der Waals surface area contributed by atoms with Gasteiger partial charge in [0.25, 0.3) is 0 Å². The Morgan fingerprint density at radius 3 is 2.33 bits per heavy atom. The molecule has 4 heteroatoms. The van der Waals surface area contributed by atoms with Gasteiger partial charge in [0.1, 0.15) is 0 Å². The van der Waals surface area contributed by atoms with Gasteiger partial charge in [-0.25, -0.2) is 0 Å². The van der Waals surface area contributed by atoms with Gasteiger partial charge in [-0.3, -0.25) is 9.59 Å². The lowest BCUT2D eigenvalue weighted by Gasteiger charge is -2.13. The molecule has 18 heavy (non-hydrogen) atoms. The molecule has 106 valence electrons. The predicted molar refractivity (Wildman–Crippen MR) is 72.5 cm³/mol. The van der Waals surface area contributed by atoms with Gasteiger partial charge in [-0.05, 0) is 26.2 Å². The third-order valence-electron chi connectivity index (χ3n) is 2.94. The molecule has 0 spiro atoms. The van der Waals surface area contributed by atoms with Crippen LogP contribution in [-0.2, 0) is 9.59 Å². The average molecular weight is 257 g/mol. The van der Waals surface area contributed by atoms with E-state index in [0.717, 1.165) is 19.3 Å². The first-order valence-corrected chi connectivity index (χ1v) is 7.07. The molecule has 1 atom stereocenters. The Morgan fingerprint density at radius 2 is 1.72 bits per heavy atom. The minimum Gasteiger partial charge on any atom is -0.481 e. The number of aliphatic carboxylic acids is 1. The zero-order valence-corrected chi connectivity index (χ0v) is 11.7. The Bertz CT molecular complexity index is 241. The highest BCUT2D eigenvalue weighted by Crippen LogP contribution is 2.06. The van der Waals surface area contributed by atoms with Crippen LogP contribution < -0.4 is 5.32 Å². The molecular weight excluding hydrogens is 230 g/mol. The summed E-state index contributed by atoms with van der Waals surface area (Å²) in [5, 5.41) is 11.4. The molecule has 1 amide bonds. The highest BCUT2D eigenvalue weighted by molar-refractivity contribution is 5.76. The molecule has 0 saturated carbocycles. The topological polar surface area (TPSA) is 66.4 Å². The van der Waals surface area contributed by atoms with Gasteiger partial charge in [0.2, 0.25) is 5.91 Å². The molecule has 4 nitrogen and oxygen atoms in total. The molecule has 0 aliphatic carbocycles. The Morgan fingerprint density at radius 1 is 1.06 bits per heavy atom. The molecule has 0 aliphatic rings. The molecule has 0 rings (SSSR count). The van der Waals surface area contributed by atoms with Gasteiger partial charge >= 0.3 is 5.97 Å². The molecule has 0 aliphatic heterocycles. The number of carbonyl (C=O) groups is 2. The maximum atomic E-state index is 11.6. The van der Waals surface area contributed by atoms with Gasteiger partial charge < -0.3 is 10.4 Å². The van der Waals surface area contributed by atoms with Gasteiger partial charge in [-0.1, -0.05) is 32.6 Å². The van der Waals surface area contributed by atoms with Crippen molar-refractivity contribution in [1.29, 1.82) is 0 Å². The number of carboxylic acids is 1. The summed E-state index contributed by atoms with van der Waals surface area (Å²) in [7, 11) is 0. The van der Waals surface area contributed by atoms with Crippen molar-refractivity contribution in [2.24, 2.45) is 0 Å². The minimum atomic E-state index is -0.774. The quantitative estimate of drug-likeness (QED) is 0.559. The van der Waals surface area contributed by atoms with Gasteiger partial charge in [-0.2, -0.15) is 0 Å². The fourth-order valence-electron chi connectivity index (χ4n) is 1.87. The van der Waals surface area contributed by atoms with E-state index in [-0.39, 0.29) is 18.4 Å². The molecule has 0 saturated heterocycles. The zero-order chi connectivity index (χ0) is 13.8. The van der Waals surface area contributed by atoms with Crippen LogP contribution in [0, 0.1) is 0 Å².